The average molecular weight is 239 g/mol. The fraction of sp³-hybridized carbons (Fsp3) is 0.667. The summed E-state index contributed by atoms with van der Waals surface area (Å²) in [6.07, 6.45) is 2.77. The Morgan fingerprint density at radius 1 is 1.65 bits per heavy atom. The Kier molecular flexibility index (Phi) is 5.15. The van der Waals surface area contributed by atoms with Crippen molar-refractivity contribution in [1.82, 2.24) is 9.78 Å². The van der Waals surface area contributed by atoms with Crippen LogP contribution in [0.25, 0.3) is 0 Å². The molecule has 0 aliphatic carbocycles. The first-order valence-corrected chi connectivity index (χ1v) is 6.03. The van der Waals surface area contributed by atoms with Crippen LogP contribution in [0, 0.1) is 5.92 Å². The van der Waals surface area contributed by atoms with E-state index < -0.39 is 5.97 Å². The van der Waals surface area contributed by atoms with Crippen molar-refractivity contribution < 1.29 is 9.90 Å². The first-order chi connectivity index (χ1) is 8.08. The van der Waals surface area contributed by atoms with E-state index in [9.17, 15) is 4.79 Å². The van der Waals surface area contributed by atoms with Crippen LogP contribution >= 0.6 is 0 Å². The summed E-state index contributed by atoms with van der Waals surface area (Å²) in [6.45, 7) is 2.57. The van der Waals surface area contributed by atoms with Gasteiger partial charge in [0.2, 0.25) is 0 Å². The lowest BCUT2D eigenvalue weighted by molar-refractivity contribution is -0.142. The first-order valence-electron chi connectivity index (χ1n) is 6.03. The molecule has 0 bridgehead atoms. The molecule has 0 saturated carbocycles. The smallest absolute Gasteiger partial charge is 0.306 e. The average Bonchev–Trinajstić information content (AvgIpc) is 2.65. The number of carbonyl (C=O) groups is 1. The van der Waals surface area contributed by atoms with E-state index in [2.05, 4.69) is 5.10 Å². The topological polar surface area (TPSA) is 81.1 Å². The lowest BCUT2D eigenvalue weighted by atomic mass is 9.97. The molecule has 0 spiro atoms. The van der Waals surface area contributed by atoms with Gasteiger partial charge in [-0.3, -0.25) is 9.48 Å². The molecule has 0 aliphatic heterocycles. The summed E-state index contributed by atoms with van der Waals surface area (Å²) in [6, 6.07) is 1.98. The van der Waals surface area contributed by atoms with Crippen molar-refractivity contribution in [3.8, 4) is 0 Å². The van der Waals surface area contributed by atoms with E-state index >= 15 is 0 Å². The van der Waals surface area contributed by atoms with Crippen LogP contribution < -0.4 is 5.73 Å². The molecule has 5 heteroatoms. The standard InChI is InChI=1S/C12H21N3O2/c1-3-10-8-11(15(2)14-10)7-9(12(16)17)5-4-6-13/h8-9H,3-7,13H2,1-2H3,(H,16,17). The molecule has 1 atom stereocenters. The van der Waals surface area contributed by atoms with Gasteiger partial charge < -0.3 is 10.8 Å². The van der Waals surface area contributed by atoms with Crippen LogP contribution in [0.4, 0.5) is 0 Å². The number of hydrogen-bond acceptors (Lipinski definition) is 3. The largest absolute Gasteiger partial charge is 0.481 e. The summed E-state index contributed by atoms with van der Waals surface area (Å²) in [5.74, 6) is -1.11. The summed E-state index contributed by atoms with van der Waals surface area (Å²) in [5.41, 5.74) is 7.40. The van der Waals surface area contributed by atoms with Crippen molar-refractivity contribution in [2.24, 2.45) is 18.7 Å². The summed E-state index contributed by atoms with van der Waals surface area (Å²) in [4.78, 5) is 11.1. The highest BCUT2D eigenvalue weighted by atomic mass is 16.4. The Hall–Kier alpha value is -1.36. The highest BCUT2D eigenvalue weighted by Gasteiger charge is 2.19. The summed E-state index contributed by atoms with van der Waals surface area (Å²) in [5, 5.41) is 13.5. The second-order valence-corrected chi connectivity index (χ2v) is 4.27. The highest BCUT2D eigenvalue weighted by Crippen LogP contribution is 2.15. The van der Waals surface area contributed by atoms with E-state index in [-0.39, 0.29) is 5.92 Å². The minimum Gasteiger partial charge on any atom is -0.481 e. The maximum atomic E-state index is 11.1. The Morgan fingerprint density at radius 2 is 2.35 bits per heavy atom. The van der Waals surface area contributed by atoms with Crippen LogP contribution in [0.2, 0.25) is 0 Å². The van der Waals surface area contributed by atoms with Gasteiger partial charge in [0.25, 0.3) is 0 Å². The molecule has 0 aliphatic rings. The van der Waals surface area contributed by atoms with Gasteiger partial charge in [0.05, 0.1) is 11.6 Å². The van der Waals surface area contributed by atoms with Gasteiger partial charge in [-0.05, 0) is 31.9 Å². The number of hydrogen-bond donors (Lipinski definition) is 2. The van der Waals surface area contributed by atoms with E-state index in [0.29, 0.717) is 19.4 Å². The number of aliphatic carboxylic acids is 1. The van der Waals surface area contributed by atoms with Gasteiger partial charge in [-0.15, -0.1) is 0 Å². The molecule has 0 radical (unpaired) electrons. The summed E-state index contributed by atoms with van der Waals surface area (Å²) < 4.78 is 1.78. The van der Waals surface area contributed by atoms with E-state index in [1.165, 1.54) is 0 Å². The molecule has 1 aromatic rings. The normalized spacial score (nSPS) is 12.6. The van der Waals surface area contributed by atoms with Gasteiger partial charge in [0.15, 0.2) is 0 Å². The third-order valence-electron chi connectivity index (χ3n) is 2.95. The van der Waals surface area contributed by atoms with Crippen LogP contribution in [0.1, 0.15) is 31.2 Å². The fourth-order valence-electron chi connectivity index (χ4n) is 1.86. The molecule has 1 rings (SSSR count). The zero-order chi connectivity index (χ0) is 12.8. The molecular formula is C12H21N3O2. The Balaban J connectivity index is 2.71. The summed E-state index contributed by atoms with van der Waals surface area (Å²) in [7, 11) is 1.86. The molecule has 1 aromatic heterocycles. The maximum absolute atomic E-state index is 11.1. The number of carboxylic acid groups (broad SMARTS) is 1. The van der Waals surface area contributed by atoms with Crippen molar-refractivity contribution in [3.05, 3.63) is 17.5 Å². The van der Waals surface area contributed by atoms with Crippen molar-refractivity contribution >= 4 is 5.97 Å². The van der Waals surface area contributed by atoms with Crippen LogP contribution in [0.5, 0.6) is 0 Å². The molecule has 5 nitrogen and oxygen atoms in total. The zero-order valence-electron chi connectivity index (χ0n) is 10.5. The molecule has 17 heavy (non-hydrogen) atoms. The predicted octanol–water partition coefficient (Wildman–Crippen LogP) is 0.965. The van der Waals surface area contributed by atoms with Crippen molar-refractivity contribution in [2.45, 2.75) is 32.6 Å². The van der Waals surface area contributed by atoms with Gasteiger partial charge in [-0.2, -0.15) is 5.10 Å². The Labute approximate surface area is 102 Å². The second-order valence-electron chi connectivity index (χ2n) is 4.27. The fourth-order valence-corrected chi connectivity index (χ4v) is 1.86. The van der Waals surface area contributed by atoms with Gasteiger partial charge in [0.1, 0.15) is 0 Å². The molecule has 0 fully saturated rings. The van der Waals surface area contributed by atoms with E-state index in [4.69, 9.17) is 10.8 Å². The molecule has 1 heterocycles. The van der Waals surface area contributed by atoms with Crippen LogP contribution in [0.3, 0.4) is 0 Å². The van der Waals surface area contributed by atoms with Crippen molar-refractivity contribution in [3.63, 3.8) is 0 Å². The van der Waals surface area contributed by atoms with Gasteiger partial charge in [-0.1, -0.05) is 6.92 Å². The third kappa shape index (κ3) is 3.85. The number of aromatic nitrogens is 2. The Bertz CT molecular complexity index is 374. The number of rotatable bonds is 7. The van der Waals surface area contributed by atoms with E-state index in [0.717, 1.165) is 24.2 Å². The first kappa shape index (κ1) is 13.7. The monoisotopic (exact) mass is 239 g/mol. The molecule has 1 unspecified atom stereocenters. The lowest BCUT2D eigenvalue weighted by Crippen LogP contribution is -2.19. The van der Waals surface area contributed by atoms with E-state index in [1.54, 1.807) is 4.68 Å². The minimum atomic E-state index is -0.752. The number of nitrogens with two attached hydrogens (primary N) is 1. The van der Waals surface area contributed by atoms with Crippen molar-refractivity contribution in [1.29, 1.82) is 0 Å². The van der Waals surface area contributed by atoms with Gasteiger partial charge in [0, 0.05) is 19.2 Å². The molecule has 96 valence electrons. The zero-order valence-corrected chi connectivity index (χ0v) is 10.5. The highest BCUT2D eigenvalue weighted by molar-refractivity contribution is 5.70. The van der Waals surface area contributed by atoms with Crippen LogP contribution in [-0.4, -0.2) is 27.4 Å². The third-order valence-corrected chi connectivity index (χ3v) is 2.95. The maximum Gasteiger partial charge on any atom is 0.306 e. The number of nitrogens with zero attached hydrogens (tertiary/aromatic N) is 2. The Morgan fingerprint density at radius 3 is 2.82 bits per heavy atom. The summed E-state index contributed by atoms with van der Waals surface area (Å²) >= 11 is 0. The molecular weight excluding hydrogens is 218 g/mol. The molecule has 0 saturated heterocycles. The SMILES string of the molecule is CCc1cc(CC(CCCN)C(=O)O)n(C)n1. The van der Waals surface area contributed by atoms with Crippen LogP contribution in [0.15, 0.2) is 6.07 Å². The quantitative estimate of drug-likeness (QED) is 0.742. The minimum absolute atomic E-state index is 0.362. The van der Waals surface area contributed by atoms with Crippen molar-refractivity contribution in [2.75, 3.05) is 6.54 Å². The molecule has 0 amide bonds. The number of aryl methyl sites for hydroxylation is 2. The number of carboxylic acids is 1. The lowest BCUT2D eigenvalue weighted by Gasteiger charge is -2.11. The second kappa shape index (κ2) is 6.39. The predicted molar refractivity (Wildman–Crippen MR) is 65.7 cm³/mol. The molecule has 0 aromatic carbocycles. The molecule has 3 N–H and O–H groups in total. The van der Waals surface area contributed by atoms with Crippen LogP contribution in [-0.2, 0) is 24.7 Å². The van der Waals surface area contributed by atoms with E-state index in [1.807, 2.05) is 20.0 Å². The van der Waals surface area contributed by atoms with Gasteiger partial charge in [-0.25, -0.2) is 0 Å². The van der Waals surface area contributed by atoms with Gasteiger partial charge >= 0.3 is 5.97 Å².